The van der Waals surface area contributed by atoms with Gasteiger partial charge in [-0.05, 0) is 0 Å². The molecule has 0 radical (unpaired) electrons. The summed E-state index contributed by atoms with van der Waals surface area (Å²) in [7, 11) is 0. The maximum absolute atomic E-state index is 2.60. The maximum Gasteiger partial charge on any atom is -1.00 e. The molecule has 0 amide bonds. The van der Waals surface area contributed by atoms with Gasteiger partial charge in [-0.3, -0.25) is 0 Å². The van der Waals surface area contributed by atoms with Crippen LogP contribution >= 0.6 is 0 Å². The van der Waals surface area contributed by atoms with Crippen molar-refractivity contribution in [3.8, 4) is 22.3 Å². The van der Waals surface area contributed by atoms with Gasteiger partial charge in [0.25, 0.3) is 0 Å². The fourth-order valence-electron chi connectivity index (χ4n) is 7.89. The predicted octanol–water partition coefficient (Wildman–Crippen LogP) is 6.59. The summed E-state index contributed by atoms with van der Waals surface area (Å²) in [4.78, 5) is 0. The molecule has 6 aromatic carbocycles. The Hall–Kier alpha value is -3.22. The third-order valence-electron chi connectivity index (χ3n) is 9.87. The van der Waals surface area contributed by atoms with Gasteiger partial charge in [0.2, 0.25) is 0 Å². The van der Waals surface area contributed by atoms with E-state index in [1.807, 2.05) is 0 Å². The van der Waals surface area contributed by atoms with Gasteiger partial charge in [0.05, 0.1) is 0 Å². The Morgan fingerprint density at radius 3 is 1.28 bits per heavy atom. The average molecular weight is 729 g/mol. The summed E-state index contributed by atoms with van der Waals surface area (Å²) in [5.41, 5.74) is 15.0. The Kier molecular flexibility index (Phi) is 10.4. The van der Waals surface area contributed by atoms with E-state index < -0.39 is 23.2 Å². The molecule has 0 heterocycles. The minimum atomic E-state index is -0.987. The average Bonchev–Trinajstić information content (AvgIpc) is 3.62. The summed E-state index contributed by atoms with van der Waals surface area (Å²) >= 11 is -0.987. The molecule has 0 N–H and O–H groups in total. The van der Waals surface area contributed by atoms with Gasteiger partial charge in [-0.2, -0.15) is 0 Å². The van der Waals surface area contributed by atoms with Crippen LogP contribution in [-0.2, 0) is 23.2 Å². The van der Waals surface area contributed by atoms with E-state index >= 15 is 0 Å². The van der Waals surface area contributed by atoms with E-state index in [0.717, 1.165) is 0 Å². The monoisotopic (exact) mass is 726 g/mol. The normalized spacial score (nSPS) is 16.0. The zero-order chi connectivity index (χ0) is 30.3. The number of benzene rings is 6. The molecule has 0 spiro atoms. The summed E-state index contributed by atoms with van der Waals surface area (Å²) < 4.78 is 1.21. The van der Waals surface area contributed by atoms with E-state index in [2.05, 4.69) is 147 Å². The van der Waals surface area contributed by atoms with Crippen molar-refractivity contribution in [2.24, 2.45) is 0 Å². The van der Waals surface area contributed by atoms with Crippen LogP contribution < -0.4 is 24.8 Å². The van der Waals surface area contributed by atoms with Crippen molar-refractivity contribution in [3.63, 3.8) is 0 Å². The first-order chi connectivity index (χ1) is 22.2. The standard InChI is InChI=1S/2C22H19.2ClH.Zr/c2*1-2-7-16-14-18-10-6-13-21(22(18)15-16)20-12-5-9-17-8-3-4-11-19(17)20;;;/h2*3-6,8-15H,2,7H2,1H3;2*1H;/q;;;;+2/p-2. The van der Waals surface area contributed by atoms with Gasteiger partial charge in [0.1, 0.15) is 0 Å². The van der Waals surface area contributed by atoms with Crippen molar-refractivity contribution in [3.05, 3.63) is 155 Å². The molecule has 6 aromatic rings. The zero-order valence-corrected chi connectivity index (χ0v) is 30.9. The fourth-order valence-corrected chi connectivity index (χ4v) is 13.0. The second kappa shape index (κ2) is 14.5. The van der Waals surface area contributed by atoms with E-state index in [0.29, 0.717) is 7.25 Å². The Balaban J connectivity index is 0.00000193. The molecule has 2 unspecified atom stereocenters. The van der Waals surface area contributed by atoms with Crippen molar-refractivity contribution >= 4 is 33.7 Å². The molecule has 0 bridgehead atoms. The minimum Gasteiger partial charge on any atom is -1.00 e. The predicted molar refractivity (Wildman–Crippen MR) is 190 cm³/mol. The van der Waals surface area contributed by atoms with Gasteiger partial charge in [0, 0.05) is 0 Å². The first kappa shape index (κ1) is 33.7. The van der Waals surface area contributed by atoms with E-state index in [-0.39, 0.29) is 24.8 Å². The second-order valence-electron chi connectivity index (χ2n) is 12.6. The first-order valence-corrected chi connectivity index (χ1v) is 19.5. The number of rotatable bonds is 8. The van der Waals surface area contributed by atoms with Crippen LogP contribution in [0.2, 0.25) is 0 Å². The van der Waals surface area contributed by atoms with E-state index in [1.165, 1.54) is 80.6 Å². The number of fused-ring (bicyclic) bond motifs is 4. The molecule has 2 aliphatic carbocycles. The molecule has 47 heavy (non-hydrogen) atoms. The summed E-state index contributed by atoms with van der Waals surface area (Å²) in [5.74, 6) is 0. The van der Waals surface area contributed by atoms with Gasteiger partial charge < -0.3 is 24.8 Å². The third kappa shape index (κ3) is 6.01. The zero-order valence-electron chi connectivity index (χ0n) is 26.9. The Bertz CT molecular complexity index is 1980. The van der Waals surface area contributed by atoms with Gasteiger partial charge in [-0.1, -0.05) is 0 Å². The molecule has 232 valence electrons. The van der Waals surface area contributed by atoms with Crippen LogP contribution in [0.15, 0.2) is 132 Å². The Labute approximate surface area is 303 Å². The van der Waals surface area contributed by atoms with Crippen molar-refractivity contribution in [1.82, 2.24) is 0 Å². The van der Waals surface area contributed by atoms with Gasteiger partial charge in [0.15, 0.2) is 0 Å². The number of hydrogen-bond acceptors (Lipinski definition) is 0. The quantitative estimate of drug-likeness (QED) is 0.166. The summed E-state index contributed by atoms with van der Waals surface area (Å²) in [6.07, 6.45) is 9.99. The van der Waals surface area contributed by atoms with Crippen LogP contribution in [0, 0.1) is 0 Å². The minimum absolute atomic E-state index is 0. The second-order valence-corrected chi connectivity index (χ2v) is 16.3. The molecule has 2 atom stereocenters. The molecule has 8 rings (SSSR count). The summed E-state index contributed by atoms with van der Waals surface area (Å²) in [6.45, 7) is 4.70. The van der Waals surface area contributed by atoms with Crippen LogP contribution in [-0.4, -0.2) is 0 Å². The largest absolute Gasteiger partial charge is 1.00 e. The van der Waals surface area contributed by atoms with E-state index in [1.54, 1.807) is 22.3 Å². The molecule has 0 saturated heterocycles. The molecule has 0 nitrogen and oxygen atoms in total. The van der Waals surface area contributed by atoms with Crippen LogP contribution in [0.1, 0.15) is 69.0 Å². The topological polar surface area (TPSA) is 0 Å². The molecule has 2 aliphatic rings. The summed E-state index contributed by atoms with van der Waals surface area (Å²) in [5, 5.41) is 5.33. The van der Waals surface area contributed by atoms with Gasteiger partial charge in [-0.25, -0.2) is 0 Å². The molecular formula is C44H38Cl2Zr. The van der Waals surface area contributed by atoms with Crippen LogP contribution in [0.5, 0.6) is 0 Å². The summed E-state index contributed by atoms with van der Waals surface area (Å²) in [6, 6.07) is 45.6. The van der Waals surface area contributed by atoms with Crippen molar-refractivity contribution < 1.29 is 48.0 Å². The molecule has 0 aliphatic heterocycles. The van der Waals surface area contributed by atoms with Gasteiger partial charge in [-0.15, -0.1) is 0 Å². The maximum atomic E-state index is 2.60. The fraction of sp³-hybridized carbons (Fsp3) is 0.182. The molecule has 0 saturated carbocycles. The third-order valence-corrected chi connectivity index (χ3v) is 14.9. The Morgan fingerprint density at radius 2 is 0.830 bits per heavy atom. The van der Waals surface area contributed by atoms with Gasteiger partial charge >= 0.3 is 281 Å². The number of hydrogen-bond donors (Lipinski definition) is 0. The first-order valence-electron chi connectivity index (χ1n) is 16.6. The van der Waals surface area contributed by atoms with Crippen LogP contribution in [0.4, 0.5) is 0 Å². The molecule has 0 aromatic heterocycles. The van der Waals surface area contributed by atoms with E-state index in [4.69, 9.17) is 0 Å². The van der Waals surface area contributed by atoms with Crippen molar-refractivity contribution in [2.45, 2.75) is 46.8 Å². The van der Waals surface area contributed by atoms with Crippen LogP contribution in [0.25, 0.3) is 56.0 Å². The Morgan fingerprint density at radius 1 is 0.447 bits per heavy atom. The van der Waals surface area contributed by atoms with Crippen molar-refractivity contribution in [1.29, 1.82) is 0 Å². The molecule has 3 heteroatoms. The molecular weight excluding hydrogens is 691 g/mol. The van der Waals surface area contributed by atoms with Crippen molar-refractivity contribution in [2.75, 3.05) is 0 Å². The SMILES string of the molecule is CCCC1=Cc2c(-c3cccc4ccccc34)cccc2[CH]1[Zr+2][CH]1C(CCC)=Cc2c(-c3cccc4ccccc34)cccc21.[Cl-].[Cl-]. The number of allylic oxidation sites excluding steroid dienone is 2. The van der Waals surface area contributed by atoms with Crippen LogP contribution in [0.3, 0.4) is 0 Å². The van der Waals surface area contributed by atoms with E-state index in [9.17, 15) is 0 Å². The smallest absolute Gasteiger partial charge is 1.00 e. The number of halogens is 2. The molecule has 0 fully saturated rings.